The van der Waals surface area contributed by atoms with E-state index in [4.69, 9.17) is 4.74 Å². The Hall–Kier alpha value is -1.13. The molecule has 1 aliphatic rings. The largest absolute Gasteiger partial charge is 0.476 e. The summed E-state index contributed by atoms with van der Waals surface area (Å²) in [7, 11) is 4.14. The Balaban J connectivity index is 1.94. The summed E-state index contributed by atoms with van der Waals surface area (Å²) in [6.07, 6.45) is 3.85. The first-order chi connectivity index (χ1) is 9.19. The zero-order valence-electron chi connectivity index (χ0n) is 12.3. The molecule has 1 fully saturated rings. The summed E-state index contributed by atoms with van der Waals surface area (Å²) in [5, 5.41) is 3.16. The number of aryl methyl sites for hydroxylation is 1. The lowest BCUT2D eigenvalue weighted by Gasteiger charge is -2.32. The van der Waals surface area contributed by atoms with E-state index in [1.54, 1.807) is 0 Å². The number of aromatic nitrogens is 1. The highest BCUT2D eigenvalue weighted by molar-refractivity contribution is 5.24. The highest BCUT2D eigenvalue weighted by atomic mass is 16.5. The van der Waals surface area contributed by atoms with Crippen LogP contribution in [0, 0.1) is 6.92 Å². The molecule has 4 nitrogen and oxygen atoms in total. The molecule has 1 aromatic rings. The molecular formula is C15H25N3O. The molecule has 2 heterocycles. The van der Waals surface area contributed by atoms with E-state index in [-0.39, 0.29) is 0 Å². The average molecular weight is 263 g/mol. The molecule has 106 valence electrons. The topological polar surface area (TPSA) is 37.4 Å². The maximum atomic E-state index is 5.90. The van der Waals surface area contributed by atoms with Gasteiger partial charge in [0.2, 0.25) is 5.88 Å². The molecule has 0 spiro atoms. The van der Waals surface area contributed by atoms with Gasteiger partial charge in [0.25, 0.3) is 0 Å². The van der Waals surface area contributed by atoms with Crippen LogP contribution in [0.4, 0.5) is 0 Å². The number of pyridine rings is 1. The number of piperidine rings is 1. The molecule has 1 atom stereocenters. The summed E-state index contributed by atoms with van der Waals surface area (Å²) in [5.74, 6) is 0.754. The molecule has 19 heavy (non-hydrogen) atoms. The van der Waals surface area contributed by atoms with Crippen LogP contribution in [0.2, 0.25) is 0 Å². The van der Waals surface area contributed by atoms with Gasteiger partial charge >= 0.3 is 0 Å². The van der Waals surface area contributed by atoms with E-state index in [9.17, 15) is 0 Å². The van der Waals surface area contributed by atoms with Crippen molar-refractivity contribution >= 4 is 0 Å². The van der Waals surface area contributed by atoms with Crippen molar-refractivity contribution in [1.82, 2.24) is 15.2 Å². The maximum absolute atomic E-state index is 5.90. The molecule has 1 aromatic heterocycles. The monoisotopic (exact) mass is 263 g/mol. The molecule has 2 rings (SSSR count). The van der Waals surface area contributed by atoms with Gasteiger partial charge in [0.05, 0.1) is 0 Å². The van der Waals surface area contributed by atoms with Crippen LogP contribution in [-0.4, -0.2) is 43.2 Å². The van der Waals surface area contributed by atoms with Gasteiger partial charge in [-0.15, -0.1) is 0 Å². The standard InChI is InChI=1S/C15H25N3O/c1-12-8-13(10-16-2)9-15(17-12)19-11-14-6-4-5-7-18(14)3/h8-9,14,16H,4-7,10-11H2,1-3H3. The Morgan fingerprint density at radius 1 is 1.42 bits per heavy atom. The molecule has 0 saturated carbocycles. The van der Waals surface area contributed by atoms with Gasteiger partial charge in [-0.1, -0.05) is 6.42 Å². The van der Waals surface area contributed by atoms with Gasteiger partial charge in [0.15, 0.2) is 0 Å². The zero-order chi connectivity index (χ0) is 13.7. The minimum atomic E-state index is 0.531. The van der Waals surface area contributed by atoms with E-state index in [0.717, 1.165) is 24.7 Å². The van der Waals surface area contributed by atoms with Gasteiger partial charge in [0.1, 0.15) is 6.61 Å². The molecule has 0 aromatic carbocycles. The predicted octanol–water partition coefficient (Wildman–Crippen LogP) is 1.97. The molecular weight excluding hydrogens is 238 g/mol. The lowest BCUT2D eigenvalue weighted by Crippen LogP contribution is -2.40. The second-order valence-corrected chi connectivity index (χ2v) is 5.43. The summed E-state index contributed by atoms with van der Waals surface area (Å²) in [5.41, 5.74) is 2.24. The van der Waals surface area contributed by atoms with Crippen LogP contribution in [0.15, 0.2) is 12.1 Å². The third-order valence-electron chi connectivity index (χ3n) is 3.72. The van der Waals surface area contributed by atoms with Crippen LogP contribution < -0.4 is 10.1 Å². The van der Waals surface area contributed by atoms with Gasteiger partial charge in [-0.25, -0.2) is 4.98 Å². The molecule has 0 aliphatic carbocycles. The number of likely N-dealkylation sites (N-methyl/N-ethyl adjacent to an activating group) is 1. The molecule has 1 saturated heterocycles. The second-order valence-electron chi connectivity index (χ2n) is 5.43. The van der Waals surface area contributed by atoms with Crippen molar-refractivity contribution in [2.45, 2.75) is 38.8 Å². The zero-order valence-corrected chi connectivity index (χ0v) is 12.3. The van der Waals surface area contributed by atoms with E-state index in [1.807, 2.05) is 20.0 Å². The number of nitrogens with zero attached hydrogens (tertiary/aromatic N) is 2. The van der Waals surface area contributed by atoms with Crippen molar-refractivity contribution in [1.29, 1.82) is 0 Å². The van der Waals surface area contributed by atoms with Gasteiger partial charge in [0, 0.05) is 24.3 Å². The fraction of sp³-hybridized carbons (Fsp3) is 0.667. The van der Waals surface area contributed by atoms with Crippen molar-refractivity contribution in [2.75, 3.05) is 27.2 Å². The van der Waals surface area contributed by atoms with Crippen molar-refractivity contribution < 1.29 is 4.74 Å². The van der Waals surface area contributed by atoms with Crippen molar-refractivity contribution in [2.24, 2.45) is 0 Å². The Labute approximate surface area is 116 Å². The number of ether oxygens (including phenoxy) is 1. The van der Waals surface area contributed by atoms with Crippen LogP contribution in [0.5, 0.6) is 5.88 Å². The Bertz CT molecular complexity index is 408. The fourth-order valence-corrected chi connectivity index (χ4v) is 2.62. The highest BCUT2D eigenvalue weighted by Gasteiger charge is 2.19. The fourth-order valence-electron chi connectivity index (χ4n) is 2.62. The van der Waals surface area contributed by atoms with Crippen LogP contribution in [0.3, 0.4) is 0 Å². The summed E-state index contributed by atoms with van der Waals surface area (Å²) < 4.78 is 5.90. The second kappa shape index (κ2) is 6.87. The van der Waals surface area contributed by atoms with E-state index < -0.39 is 0 Å². The minimum Gasteiger partial charge on any atom is -0.476 e. The van der Waals surface area contributed by atoms with Crippen molar-refractivity contribution in [3.05, 3.63) is 23.4 Å². The lowest BCUT2D eigenvalue weighted by atomic mass is 10.0. The van der Waals surface area contributed by atoms with Gasteiger partial charge in [-0.3, -0.25) is 0 Å². The van der Waals surface area contributed by atoms with Gasteiger partial charge in [-0.2, -0.15) is 0 Å². The molecule has 4 heteroatoms. The average Bonchev–Trinajstić information content (AvgIpc) is 2.37. The molecule has 1 unspecified atom stereocenters. The number of hydrogen-bond acceptors (Lipinski definition) is 4. The Morgan fingerprint density at radius 2 is 2.26 bits per heavy atom. The van der Waals surface area contributed by atoms with Crippen LogP contribution in [-0.2, 0) is 6.54 Å². The molecule has 0 bridgehead atoms. The molecule has 0 amide bonds. The number of rotatable bonds is 5. The predicted molar refractivity (Wildman–Crippen MR) is 77.5 cm³/mol. The van der Waals surface area contributed by atoms with Crippen LogP contribution >= 0.6 is 0 Å². The van der Waals surface area contributed by atoms with Crippen LogP contribution in [0.1, 0.15) is 30.5 Å². The number of likely N-dealkylation sites (tertiary alicyclic amines) is 1. The SMILES string of the molecule is CNCc1cc(C)nc(OCC2CCCCN2C)c1. The summed E-state index contributed by atoms with van der Waals surface area (Å²) in [4.78, 5) is 6.85. The summed E-state index contributed by atoms with van der Waals surface area (Å²) in [6, 6.07) is 4.66. The maximum Gasteiger partial charge on any atom is 0.213 e. The minimum absolute atomic E-state index is 0.531. The van der Waals surface area contributed by atoms with Crippen molar-refractivity contribution in [3.8, 4) is 5.88 Å². The lowest BCUT2D eigenvalue weighted by molar-refractivity contribution is 0.122. The Kier molecular flexibility index (Phi) is 5.16. The van der Waals surface area contributed by atoms with Crippen LogP contribution in [0.25, 0.3) is 0 Å². The first-order valence-electron chi connectivity index (χ1n) is 7.14. The third-order valence-corrected chi connectivity index (χ3v) is 3.72. The van der Waals surface area contributed by atoms with E-state index in [2.05, 4.69) is 28.3 Å². The quantitative estimate of drug-likeness (QED) is 0.881. The van der Waals surface area contributed by atoms with E-state index in [1.165, 1.54) is 31.4 Å². The first kappa shape index (κ1) is 14.3. The van der Waals surface area contributed by atoms with Crippen molar-refractivity contribution in [3.63, 3.8) is 0 Å². The third kappa shape index (κ3) is 4.18. The summed E-state index contributed by atoms with van der Waals surface area (Å²) >= 11 is 0. The Morgan fingerprint density at radius 3 is 3.00 bits per heavy atom. The molecule has 1 N–H and O–H groups in total. The highest BCUT2D eigenvalue weighted by Crippen LogP contribution is 2.17. The smallest absolute Gasteiger partial charge is 0.213 e. The first-order valence-corrected chi connectivity index (χ1v) is 7.14. The van der Waals surface area contributed by atoms with E-state index in [0.29, 0.717) is 6.04 Å². The number of nitrogens with one attached hydrogen (secondary N) is 1. The normalized spacial score (nSPS) is 20.5. The molecule has 1 aliphatic heterocycles. The van der Waals surface area contributed by atoms with E-state index >= 15 is 0 Å². The molecule has 0 radical (unpaired) electrons. The summed E-state index contributed by atoms with van der Waals surface area (Å²) in [6.45, 7) is 4.79. The van der Waals surface area contributed by atoms with Gasteiger partial charge < -0.3 is 15.0 Å². The number of hydrogen-bond donors (Lipinski definition) is 1. The van der Waals surface area contributed by atoms with Gasteiger partial charge in [-0.05, 0) is 52.0 Å².